The Morgan fingerprint density at radius 2 is 1.76 bits per heavy atom. The highest BCUT2D eigenvalue weighted by Crippen LogP contribution is 2.31. The van der Waals surface area contributed by atoms with Gasteiger partial charge < -0.3 is 0 Å². The lowest BCUT2D eigenvalue weighted by Crippen LogP contribution is -2.09. The van der Waals surface area contributed by atoms with E-state index in [4.69, 9.17) is 0 Å². The van der Waals surface area contributed by atoms with Gasteiger partial charge in [0.25, 0.3) is 0 Å². The topological polar surface area (TPSA) is 0 Å². The van der Waals surface area contributed by atoms with Crippen molar-refractivity contribution in [3.05, 3.63) is 58.2 Å². The molecule has 1 aliphatic rings. The Morgan fingerprint density at radius 3 is 2.33 bits per heavy atom. The van der Waals surface area contributed by atoms with Crippen LogP contribution in [0.3, 0.4) is 0 Å². The first-order valence-electron chi connectivity index (χ1n) is 8.44. The van der Waals surface area contributed by atoms with Gasteiger partial charge >= 0.3 is 0 Å². The van der Waals surface area contributed by atoms with Gasteiger partial charge in [-0.15, -0.1) is 0 Å². The molecule has 1 aliphatic carbocycles. The molecule has 0 amide bonds. The van der Waals surface area contributed by atoms with Crippen molar-refractivity contribution in [2.75, 3.05) is 0 Å². The monoisotopic (exact) mass is 282 g/mol. The fourth-order valence-corrected chi connectivity index (χ4v) is 3.64. The summed E-state index contributed by atoms with van der Waals surface area (Å²) >= 11 is 0. The van der Waals surface area contributed by atoms with E-state index in [9.17, 15) is 0 Å². The first-order valence-corrected chi connectivity index (χ1v) is 8.44. The molecule has 21 heavy (non-hydrogen) atoms. The lowest BCUT2D eigenvalue weighted by molar-refractivity contribution is 0.532. The van der Waals surface area contributed by atoms with E-state index < -0.39 is 0 Å². The molecule has 1 aromatic carbocycles. The van der Waals surface area contributed by atoms with Crippen molar-refractivity contribution in [2.24, 2.45) is 11.8 Å². The molecular weight excluding hydrogens is 252 g/mol. The minimum Gasteiger partial charge on any atom is -0.0694 e. The minimum absolute atomic E-state index is 0.722. The number of aryl methyl sites for hydroxylation is 2. The van der Waals surface area contributed by atoms with Crippen LogP contribution >= 0.6 is 0 Å². The van der Waals surface area contributed by atoms with Crippen molar-refractivity contribution in [3.8, 4) is 0 Å². The minimum atomic E-state index is 0.722. The summed E-state index contributed by atoms with van der Waals surface area (Å²) in [5.41, 5.74) is 7.70. The third-order valence-electron chi connectivity index (χ3n) is 4.95. The SMILES string of the molecule is CCC1=CC=C(C[C@@H](C)Cc2c(C)cccc2C)CC1C. The Labute approximate surface area is 131 Å². The molecule has 0 heteroatoms. The van der Waals surface area contributed by atoms with Crippen LogP contribution in [-0.4, -0.2) is 0 Å². The Bertz CT molecular complexity index is 525. The maximum absolute atomic E-state index is 2.40. The number of hydrogen-bond donors (Lipinski definition) is 0. The lowest BCUT2D eigenvalue weighted by Gasteiger charge is -2.23. The first-order chi connectivity index (χ1) is 10.0. The van der Waals surface area contributed by atoms with Crippen molar-refractivity contribution in [1.29, 1.82) is 0 Å². The molecule has 0 heterocycles. The van der Waals surface area contributed by atoms with Crippen molar-refractivity contribution >= 4 is 0 Å². The van der Waals surface area contributed by atoms with Gasteiger partial charge in [0.15, 0.2) is 0 Å². The number of benzene rings is 1. The summed E-state index contributed by atoms with van der Waals surface area (Å²) in [7, 11) is 0. The predicted molar refractivity (Wildman–Crippen MR) is 93.6 cm³/mol. The summed E-state index contributed by atoms with van der Waals surface area (Å²) < 4.78 is 0. The van der Waals surface area contributed by atoms with Crippen LogP contribution in [0.15, 0.2) is 41.5 Å². The van der Waals surface area contributed by atoms with Crippen molar-refractivity contribution in [1.82, 2.24) is 0 Å². The third-order valence-corrected chi connectivity index (χ3v) is 4.95. The van der Waals surface area contributed by atoms with E-state index in [1.165, 1.54) is 36.8 Å². The fourth-order valence-electron chi connectivity index (χ4n) is 3.64. The molecule has 0 aromatic heterocycles. The summed E-state index contributed by atoms with van der Waals surface area (Å²) in [6.45, 7) is 11.5. The number of rotatable bonds is 5. The second-order valence-corrected chi connectivity index (χ2v) is 6.91. The molecule has 114 valence electrons. The van der Waals surface area contributed by atoms with Crippen molar-refractivity contribution in [2.45, 2.75) is 60.3 Å². The molecule has 0 saturated carbocycles. The quantitative estimate of drug-likeness (QED) is 0.605. The van der Waals surface area contributed by atoms with Gasteiger partial charge in [-0.3, -0.25) is 0 Å². The van der Waals surface area contributed by atoms with Crippen molar-refractivity contribution in [3.63, 3.8) is 0 Å². The number of allylic oxidation sites excluding steroid dienone is 4. The van der Waals surface area contributed by atoms with E-state index >= 15 is 0 Å². The van der Waals surface area contributed by atoms with Gasteiger partial charge in [-0.25, -0.2) is 0 Å². The second kappa shape index (κ2) is 7.11. The summed E-state index contributed by atoms with van der Waals surface area (Å²) in [6.07, 6.45) is 9.66. The molecule has 0 aliphatic heterocycles. The van der Waals surface area contributed by atoms with Crippen LogP contribution in [0.2, 0.25) is 0 Å². The van der Waals surface area contributed by atoms with Crippen LogP contribution in [0.5, 0.6) is 0 Å². The summed E-state index contributed by atoms with van der Waals surface area (Å²) in [6, 6.07) is 6.65. The molecule has 0 N–H and O–H groups in total. The third kappa shape index (κ3) is 4.09. The molecule has 0 nitrogen and oxygen atoms in total. The van der Waals surface area contributed by atoms with Gasteiger partial charge in [-0.05, 0) is 68.1 Å². The molecule has 0 spiro atoms. The molecule has 2 rings (SSSR count). The van der Waals surface area contributed by atoms with E-state index in [1.807, 2.05) is 0 Å². The van der Waals surface area contributed by atoms with Crippen LogP contribution < -0.4 is 0 Å². The Hall–Kier alpha value is -1.30. The second-order valence-electron chi connectivity index (χ2n) is 6.91. The van der Waals surface area contributed by atoms with Gasteiger partial charge in [0, 0.05) is 0 Å². The predicted octanol–water partition coefficient (Wildman–Crippen LogP) is 6.17. The van der Waals surface area contributed by atoms with Crippen molar-refractivity contribution < 1.29 is 0 Å². The Balaban J connectivity index is 2.01. The largest absolute Gasteiger partial charge is 0.0694 e. The van der Waals surface area contributed by atoms with Gasteiger partial charge in [0.1, 0.15) is 0 Å². The van der Waals surface area contributed by atoms with Gasteiger partial charge in [0.2, 0.25) is 0 Å². The normalized spacial score (nSPS) is 20.0. The zero-order valence-corrected chi connectivity index (χ0v) is 14.4. The molecule has 1 unspecified atom stereocenters. The standard InChI is InChI=1S/C21H30/c1-6-20-11-10-19(14-18(20)5)12-15(2)13-21-16(3)8-7-9-17(21)4/h7-11,15,18H,6,12-14H2,1-5H3/t15-,18?/m1/s1. The fraction of sp³-hybridized carbons (Fsp3) is 0.524. The Morgan fingerprint density at radius 1 is 1.10 bits per heavy atom. The molecule has 0 bridgehead atoms. The molecule has 1 aromatic rings. The molecule has 0 fully saturated rings. The van der Waals surface area contributed by atoms with E-state index in [2.05, 4.69) is 65.0 Å². The maximum Gasteiger partial charge on any atom is -0.0191 e. The molecule has 2 atom stereocenters. The van der Waals surface area contributed by atoms with Gasteiger partial charge in [0.05, 0.1) is 0 Å². The Kier molecular flexibility index (Phi) is 5.45. The summed E-state index contributed by atoms with van der Waals surface area (Å²) in [5, 5.41) is 0. The van der Waals surface area contributed by atoms with E-state index in [-0.39, 0.29) is 0 Å². The molecule has 0 radical (unpaired) electrons. The highest BCUT2D eigenvalue weighted by atomic mass is 14.2. The average molecular weight is 282 g/mol. The zero-order chi connectivity index (χ0) is 15.4. The zero-order valence-electron chi connectivity index (χ0n) is 14.4. The van der Waals surface area contributed by atoms with Crippen LogP contribution in [0.1, 0.15) is 56.7 Å². The average Bonchev–Trinajstić information content (AvgIpc) is 2.43. The van der Waals surface area contributed by atoms with E-state index in [1.54, 1.807) is 16.7 Å². The van der Waals surface area contributed by atoms with E-state index in [0.29, 0.717) is 0 Å². The van der Waals surface area contributed by atoms with E-state index in [0.717, 1.165) is 11.8 Å². The first kappa shape index (κ1) is 16.1. The van der Waals surface area contributed by atoms with Crippen LogP contribution in [0.25, 0.3) is 0 Å². The van der Waals surface area contributed by atoms with Gasteiger partial charge in [-0.1, -0.05) is 62.3 Å². The smallest absolute Gasteiger partial charge is 0.0191 e. The maximum atomic E-state index is 2.40. The highest BCUT2D eigenvalue weighted by Gasteiger charge is 2.16. The van der Waals surface area contributed by atoms with Crippen LogP contribution in [0, 0.1) is 25.7 Å². The molecule has 0 saturated heterocycles. The summed E-state index contributed by atoms with van der Waals surface area (Å²) in [4.78, 5) is 0. The summed E-state index contributed by atoms with van der Waals surface area (Å²) in [5.74, 6) is 1.46. The van der Waals surface area contributed by atoms with Gasteiger partial charge in [-0.2, -0.15) is 0 Å². The molecular formula is C21H30. The number of hydrogen-bond acceptors (Lipinski definition) is 0. The van der Waals surface area contributed by atoms with Crippen LogP contribution in [-0.2, 0) is 6.42 Å². The lowest BCUT2D eigenvalue weighted by atomic mass is 9.82. The van der Waals surface area contributed by atoms with Crippen LogP contribution in [0.4, 0.5) is 0 Å². The highest BCUT2D eigenvalue weighted by molar-refractivity contribution is 5.34.